The first kappa shape index (κ1) is 14.5. The molecular formula is C14H15BrF2N2S. The largest absolute Gasteiger partial charge is 0.344 e. The molecule has 0 radical (unpaired) electrons. The highest BCUT2D eigenvalue weighted by Gasteiger charge is 2.60. The van der Waals surface area contributed by atoms with Crippen LogP contribution in [-0.2, 0) is 5.54 Å². The SMILES string of the molecule is Fc1cc(F)c([C@]23CCCC[C@H]2C2SC2=N3)cc1Br.N. The van der Waals surface area contributed by atoms with Crippen molar-refractivity contribution in [2.75, 3.05) is 0 Å². The fraction of sp³-hybridized carbons (Fsp3) is 0.500. The minimum Gasteiger partial charge on any atom is -0.344 e. The fourth-order valence-corrected chi connectivity index (χ4v) is 5.10. The molecule has 1 aromatic rings. The van der Waals surface area contributed by atoms with Crippen molar-refractivity contribution in [2.45, 2.75) is 36.5 Å². The topological polar surface area (TPSA) is 47.4 Å². The highest BCUT2D eigenvalue weighted by Crippen LogP contribution is 2.62. The second-order valence-corrected chi connectivity index (χ2v) is 7.53. The van der Waals surface area contributed by atoms with E-state index < -0.39 is 17.2 Å². The normalized spacial score (nSPS) is 33.9. The first-order valence-electron chi connectivity index (χ1n) is 6.53. The Morgan fingerprint density at radius 2 is 2.05 bits per heavy atom. The van der Waals surface area contributed by atoms with Crippen molar-refractivity contribution in [3.63, 3.8) is 0 Å². The Kier molecular flexibility index (Phi) is 3.46. The molecule has 4 rings (SSSR count). The van der Waals surface area contributed by atoms with E-state index in [4.69, 9.17) is 4.99 Å². The summed E-state index contributed by atoms with van der Waals surface area (Å²) in [6, 6.07) is 2.58. The van der Waals surface area contributed by atoms with E-state index in [-0.39, 0.29) is 6.15 Å². The molecule has 0 aromatic heterocycles. The summed E-state index contributed by atoms with van der Waals surface area (Å²) in [6.45, 7) is 0. The third-order valence-corrected chi connectivity index (χ3v) is 6.27. The summed E-state index contributed by atoms with van der Waals surface area (Å²) in [5, 5.41) is 1.66. The second kappa shape index (κ2) is 4.78. The van der Waals surface area contributed by atoms with E-state index in [1.807, 2.05) is 11.8 Å². The minimum atomic E-state index is -0.546. The van der Waals surface area contributed by atoms with Crippen LogP contribution in [0.4, 0.5) is 8.78 Å². The summed E-state index contributed by atoms with van der Waals surface area (Å²) in [7, 11) is 0. The minimum absolute atomic E-state index is 0. The lowest BCUT2D eigenvalue weighted by Gasteiger charge is -2.39. The third-order valence-electron chi connectivity index (χ3n) is 4.52. The third kappa shape index (κ3) is 1.88. The van der Waals surface area contributed by atoms with Crippen LogP contribution in [0.2, 0.25) is 0 Å². The number of hydrogen-bond donors (Lipinski definition) is 1. The van der Waals surface area contributed by atoms with Gasteiger partial charge in [0.1, 0.15) is 11.6 Å². The van der Waals surface area contributed by atoms with E-state index in [0.717, 1.165) is 25.3 Å². The molecule has 2 heterocycles. The maximum atomic E-state index is 14.3. The van der Waals surface area contributed by atoms with Crippen molar-refractivity contribution >= 4 is 32.7 Å². The van der Waals surface area contributed by atoms with Gasteiger partial charge in [-0.05, 0) is 34.8 Å². The Labute approximate surface area is 129 Å². The maximum absolute atomic E-state index is 14.3. The van der Waals surface area contributed by atoms with Crippen molar-refractivity contribution in [3.05, 3.63) is 33.8 Å². The average molecular weight is 361 g/mol. The lowest BCUT2D eigenvalue weighted by atomic mass is 9.69. The highest BCUT2D eigenvalue weighted by atomic mass is 79.9. The van der Waals surface area contributed by atoms with Gasteiger partial charge in [0.05, 0.1) is 20.3 Å². The smallest absolute Gasteiger partial charge is 0.140 e. The summed E-state index contributed by atoms with van der Waals surface area (Å²) in [5.41, 5.74) is 0.148. The van der Waals surface area contributed by atoms with E-state index in [9.17, 15) is 8.78 Å². The molecule has 6 heteroatoms. The molecule has 0 bridgehead atoms. The summed E-state index contributed by atoms with van der Waals surface area (Å²) < 4.78 is 28.0. The Balaban J connectivity index is 0.00000121. The van der Waals surface area contributed by atoms with E-state index in [2.05, 4.69) is 15.9 Å². The molecule has 2 fully saturated rings. The Hall–Kier alpha value is -0.460. The van der Waals surface area contributed by atoms with Crippen LogP contribution in [0, 0.1) is 17.6 Å². The number of halogens is 3. The van der Waals surface area contributed by atoms with Gasteiger partial charge in [0.15, 0.2) is 0 Å². The molecule has 1 unspecified atom stereocenters. The summed E-state index contributed by atoms with van der Waals surface area (Å²) >= 11 is 4.98. The van der Waals surface area contributed by atoms with Crippen molar-refractivity contribution in [1.82, 2.24) is 6.15 Å². The molecule has 0 amide bonds. The highest BCUT2D eigenvalue weighted by molar-refractivity contribution is 9.10. The van der Waals surface area contributed by atoms with Gasteiger partial charge in [-0.3, -0.25) is 4.99 Å². The predicted octanol–water partition coefficient (Wildman–Crippen LogP) is 4.80. The second-order valence-electron chi connectivity index (χ2n) is 5.51. The summed E-state index contributed by atoms with van der Waals surface area (Å²) in [6.07, 6.45) is 4.24. The molecule has 3 aliphatic rings. The lowest BCUT2D eigenvalue weighted by molar-refractivity contribution is 0.214. The zero-order valence-electron chi connectivity index (χ0n) is 10.8. The Morgan fingerprint density at radius 1 is 1.25 bits per heavy atom. The van der Waals surface area contributed by atoms with Crippen LogP contribution in [0.25, 0.3) is 0 Å². The van der Waals surface area contributed by atoms with Crippen molar-refractivity contribution in [1.29, 1.82) is 0 Å². The zero-order valence-corrected chi connectivity index (χ0v) is 13.2. The van der Waals surface area contributed by atoms with Gasteiger partial charge in [0.2, 0.25) is 0 Å². The lowest BCUT2D eigenvalue weighted by Crippen LogP contribution is -2.37. The average Bonchev–Trinajstić information content (AvgIpc) is 3.06. The van der Waals surface area contributed by atoms with Crippen LogP contribution >= 0.6 is 27.7 Å². The van der Waals surface area contributed by atoms with E-state index in [0.29, 0.717) is 21.2 Å². The molecule has 3 atom stereocenters. The number of rotatable bonds is 1. The standard InChI is InChI=1S/C14H12BrF2NS.H3N/c15-9-5-8(10(16)6-11(9)17)14-4-2-1-3-7(14)12-13(18-14)19-12;/h5-7,12H,1-4H2;1H3/t7-,12?,14-;/m0./s1. The monoisotopic (exact) mass is 360 g/mol. The quantitative estimate of drug-likeness (QED) is 0.577. The van der Waals surface area contributed by atoms with Crippen LogP contribution in [-0.4, -0.2) is 10.3 Å². The number of thioether (sulfide) groups is 1. The number of nitrogens with zero attached hydrogens (tertiary/aromatic N) is 1. The van der Waals surface area contributed by atoms with Gasteiger partial charge < -0.3 is 6.15 Å². The summed E-state index contributed by atoms with van der Waals surface area (Å²) in [5.74, 6) is -0.605. The molecule has 3 N–H and O–H groups in total. The Bertz CT molecular complexity index is 607. The molecule has 2 nitrogen and oxygen atoms in total. The van der Waals surface area contributed by atoms with Gasteiger partial charge in [-0.2, -0.15) is 0 Å². The first-order valence-corrected chi connectivity index (χ1v) is 8.20. The summed E-state index contributed by atoms with van der Waals surface area (Å²) in [4.78, 5) is 4.81. The number of aliphatic imine (C=N–C) groups is 1. The van der Waals surface area contributed by atoms with Crippen molar-refractivity contribution < 1.29 is 8.78 Å². The van der Waals surface area contributed by atoms with Gasteiger partial charge in [-0.1, -0.05) is 24.6 Å². The maximum Gasteiger partial charge on any atom is 0.140 e. The zero-order chi connectivity index (χ0) is 13.2. The molecule has 1 aromatic carbocycles. The number of benzene rings is 1. The van der Waals surface area contributed by atoms with Crippen LogP contribution in [0.3, 0.4) is 0 Å². The van der Waals surface area contributed by atoms with Gasteiger partial charge in [0, 0.05) is 17.5 Å². The van der Waals surface area contributed by atoms with Gasteiger partial charge in [-0.15, -0.1) is 0 Å². The van der Waals surface area contributed by atoms with Crippen LogP contribution in [0.5, 0.6) is 0 Å². The van der Waals surface area contributed by atoms with Gasteiger partial charge in [0.25, 0.3) is 0 Å². The van der Waals surface area contributed by atoms with Crippen LogP contribution in [0.15, 0.2) is 21.6 Å². The molecule has 1 aliphatic carbocycles. The van der Waals surface area contributed by atoms with E-state index >= 15 is 0 Å². The molecular weight excluding hydrogens is 346 g/mol. The molecule has 1 saturated carbocycles. The van der Waals surface area contributed by atoms with Gasteiger partial charge in [-0.25, -0.2) is 8.78 Å². The Morgan fingerprint density at radius 3 is 2.85 bits per heavy atom. The van der Waals surface area contributed by atoms with Crippen LogP contribution in [0.1, 0.15) is 31.2 Å². The van der Waals surface area contributed by atoms with Crippen molar-refractivity contribution in [3.8, 4) is 0 Å². The van der Waals surface area contributed by atoms with E-state index in [1.165, 1.54) is 11.5 Å². The fourth-order valence-electron chi connectivity index (χ4n) is 3.61. The molecule has 0 spiro atoms. The molecule has 2 aliphatic heterocycles. The molecule has 20 heavy (non-hydrogen) atoms. The molecule has 1 saturated heterocycles. The van der Waals surface area contributed by atoms with Gasteiger partial charge >= 0.3 is 0 Å². The van der Waals surface area contributed by atoms with Crippen molar-refractivity contribution in [2.24, 2.45) is 10.9 Å². The number of fused-ring (bicyclic) bond motifs is 3. The van der Waals surface area contributed by atoms with Crippen LogP contribution < -0.4 is 6.15 Å². The first-order chi connectivity index (χ1) is 9.12. The molecule has 108 valence electrons. The van der Waals surface area contributed by atoms with E-state index in [1.54, 1.807) is 6.07 Å². The number of hydrogen-bond acceptors (Lipinski definition) is 3. The predicted molar refractivity (Wildman–Crippen MR) is 81.5 cm³/mol.